The maximum atomic E-state index is 11.2. The van der Waals surface area contributed by atoms with E-state index in [1.807, 2.05) is 0 Å². The number of aliphatic hydroxyl groups is 1. The molecule has 0 unspecified atom stereocenters. The van der Waals surface area contributed by atoms with E-state index in [2.05, 4.69) is 17.9 Å². The van der Waals surface area contributed by atoms with Gasteiger partial charge in [0.15, 0.2) is 0 Å². The number of hydrogen-bond donors (Lipinski definition) is 3. The molecule has 1 amide bonds. The molecule has 0 bridgehead atoms. The lowest BCUT2D eigenvalue weighted by Crippen LogP contribution is -2.42. The van der Waals surface area contributed by atoms with Gasteiger partial charge in [0.2, 0.25) is 0 Å². The van der Waals surface area contributed by atoms with Crippen molar-refractivity contribution in [3.8, 4) is 0 Å². The molecule has 0 fully saturated rings. The van der Waals surface area contributed by atoms with Crippen LogP contribution < -0.4 is 5.32 Å². The van der Waals surface area contributed by atoms with Crippen LogP contribution in [0.3, 0.4) is 0 Å². The molecule has 0 heterocycles. The SMILES string of the molecule is [2H]CC(C)(C)OC(=O)N[C@H](CO)CS. The van der Waals surface area contributed by atoms with Gasteiger partial charge in [-0.25, -0.2) is 4.79 Å². The molecule has 5 heteroatoms. The molecule has 0 saturated heterocycles. The number of aliphatic hydroxyl groups excluding tert-OH is 1. The molecule has 0 aliphatic rings. The van der Waals surface area contributed by atoms with E-state index in [0.29, 0.717) is 5.75 Å². The number of amides is 1. The zero-order chi connectivity index (χ0) is 11.2. The molecule has 0 spiro atoms. The van der Waals surface area contributed by atoms with Crippen LogP contribution >= 0.6 is 12.6 Å². The van der Waals surface area contributed by atoms with Crippen LogP contribution in [0.25, 0.3) is 0 Å². The summed E-state index contributed by atoms with van der Waals surface area (Å²) in [5.41, 5.74) is -0.805. The molecule has 0 radical (unpaired) electrons. The van der Waals surface area contributed by atoms with Crippen LogP contribution in [0, 0.1) is 0 Å². The molecular formula is C8H17NO3S. The highest BCUT2D eigenvalue weighted by atomic mass is 32.1. The van der Waals surface area contributed by atoms with Gasteiger partial charge in [-0.1, -0.05) is 0 Å². The second-order valence-electron chi connectivity index (χ2n) is 3.36. The first kappa shape index (κ1) is 10.7. The van der Waals surface area contributed by atoms with Crippen molar-refractivity contribution in [2.45, 2.75) is 32.4 Å². The van der Waals surface area contributed by atoms with Crippen LogP contribution in [0.5, 0.6) is 0 Å². The van der Waals surface area contributed by atoms with Gasteiger partial charge in [0.1, 0.15) is 5.60 Å². The van der Waals surface area contributed by atoms with Gasteiger partial charge in [0.25, 0.3) is 0 Å². The molecule has 4 nitrogen and oxygen atoms in total. The Bertz CT molecular complexity index is 185. The molecule has 0 aliphatic heterocycles. The van der Waals surface area contributed by atoms with Crippen molar-refractivity contribution >= 4 is 18.7 Å². The average Bonchev–Trinajstić information content (AvgIpc) is 2.13. The summed E-state index contributed by atoms with van der Waals surface area (Å²) >= 11 is 3.94. The summed E-state index contributed by atoms with van der Waals surface area (Å²) in [7, 11) is 0. The molecule has 1 atom stereocenters. The van der Waals surface area contributed by atoms with E-state index in [1.54, 1.807) is 13.8 Å². The monoisotopic (exact) mass is 208 g/mol. The van der Waals surface area contributed by atoms with E-state index in [4.69, 9.17) is 11.2 Å². The summed E-state index contributed by atoms with van der Waals surface area (Å²) in [5.74, 6) is 0.340. The lowest BCUT2D eigenvalue weighted by Gasteiger charge is -2.21. The third-order valence-electron chi connectivity index (χ3n) is 1.13. The average molecular weight is 208 g/mol. The summed E-state index contributed by atoms with van der Waals surface area (Å²) in [6, 6.07) is -0.410. The van der Waals surface area contributed by atoms with Gasteiger partial charge in [-0.3, -0.25) is 0 Å². The Morgan fingerprint density at radius 1 is 1.85 bits per heavy atom. The van der Waals surface area contributed by atoms with Crippen LogP contribution in [0.15, 0.2) is 0 Å². The molecule has 13 heavy (non-hydrogen) atoms. The molecule has 0 rings (SSSR count). The second kappa shape index (κ2) is 5.34. The first-order valence-electron chi connectivity index (χ1n) is 4.66. The minimum Gasteiger partial charge on any atom is -0.444 e. The summed E-state index contributed by atoms with van der Waals surface area (Å²) in [6.45, 7) is 3.10. The Kier molecular flexibility index (Phi) is 4.38. The smallest absolute Gasteiger partial charge is 0.407 e. The van der Waals surface area contributed by atoms with E-state index in [9.17, 15) is 4.79 Å². The Hall–Kier alpha value is -0.420. The van der Waals surface area contributed by atoms with E-state index in [1.165, 1.54) is 0 Å². The second-order valence-corrected chi connectivity index (χ2v) is 3.72. The molecular weight excluding hydrogens is 190 g/mol. The zero-order valence-corrected chi connectivity index (χ0v) is 8.80. The molecule has 0 aromatic rings. The number of alkyl carbamates (subject to hydrolysis) is 1. The lowest BCUT2D eigenvalue weighted by molar-refractivity contribution is 0.0491. The molecule has 2 N–H and O–H groups in total. The van der Waals surface area contributed by atoms with Crippen molar-refractivity contribution in [3.05, 3.63) is 0 Å². The van der Waals surface area contributed by atoms with Crippen molar-refractivity contribution < 1.29 is 16.0 Å². The number of thiol groups is 1. The minimum atomic E-state index is -0.805. The third kappa shape index (κ3) is 6.72. The molecule has 0 saturated carbocycles. The maximum absolute atomic E-state index is 11.2. The fourth-order valence-corrected chi connectivity index (χ4v) is 0.803. The summed E-state index contributed by atoms with van der Waals surface area (Å²) in [6.07, 6.45) is -0.629. The highest BCUT2D eigenvalue weighted by molar-refractivity contribution is 7.80. The van der Waals surface area contributed by atoms with E-state index in [-0.39, 0.29) is 13.5 Å². The first-order valence-corrected chi connectivity index (χ1v) is 4.59. The zero-order valence-electron chi connectivity index (χ0n) is 8.91. The Balaban J connectivity index is 3.97. The standard InChI is InChI=1S/C8H17NO3S/c1-8(2,3)12-7(11)9-6(4-10)5-13/h6,10,13H,4-5H2,1-3H3,(H,9,11)/t6-/m1/s1/i1D. The van der Waals surface area contributed by atoms with Gasteiger partial charge in [0.05, 0.1) is 12.6 Å². The number of rotatable bonds is 3. The molecule has 0 aliphatic carbocycles. The summed E-state index contributed by atoms with van der Waals surface area (Å²) in [5, 5.41) is 11.2. The van der Waals surface area contributed by atoms with Crippen molar-refractivity contribution in [2.24, 2.45) is 0 Å². The maximum Gasteiger partial charge on any atom is 0.407 e. The minimum absolute atomic E-state index is 0.00884. The Morgan fingerprint density at radius 2 is 2.46 bits per heavy atom. The fourth-order valence-electron chi connectivity index (χ4n) is 0.596. The summed E-state index contributed by atoms with van der Waals surface area (Å²) in [4.78, 5) is 11.2. The van der Waals surface area contributed by atoms with Gasteiger partial charge in [-0.05, 0) is 20.7 Å². The van der Waals surface area contributed by atoms with Crippen molar-refractivity contribution in [2.75, 3.05) is 12.4 Å². The van der Waals surface area contributed by atoms with Crippen LogP contribution in [0.4, 0.5) is 4.79 Å². The predicted molar refractivity (Wildman–Crippen MR) is 54.1 cm³/mol. The molecule has 0 aromatic heterocycles. The van der Waals surface area contributed by atoms with Crippen LogP contribution in [-0.2, 0) is 4.74 Å². The van der Waals surface area contributed by atoms with Crippen LogP contribution in [-0.4, -0.2) is 35.2 Å². The van der Waals surface area contributed by atoms with Crippen LogP contribution in [0.1, 0.15) is 22.1 Å². The van der Waals surface area contributed by atoms with Crippen LogP contribution in [0.2, 0.25) is 0 Å². The number of ether oxygens (including phenoxy) is 1. The van der Waals surface area contributed by atoms with E-state index < -0.39 is 17.7 Å². The Labute approximate surface area is 85.5 Å². The number of carbonyl (C=O) groups is 1. The van der Waals surface area contributed by atoms with E-state index >= 15 is 0 Å². The largest absolute Gasteiger partial charge is 0.444 e. The number of nitrogens with one attached hydrogen (secondary N) is 1. The van der Waals surface area contributed by atoms with Gasteiger partial charge < -0.3 is 15.2 Å². The van der Waals surface area contributed by atoms with Crippen molar-refractivity contribution in [1.82, 2.24) is 5.32 Å². The highest BCUT2D eigenvalue weighted by Crippen LogP contribution is 2.06. The first-order chi connectivity index (χ1) is 6.45. The third-order valence-corrected chi connectivity index (χ3v) is 1.57. The molecule has 78 valence electrons. The predicted octanol–water partition coefficient (Wildman–Crippen LogP) is 0.802. The van der Waals surface area contributed by atoms with Gasteiger partial charge >= 0.3 is 6.09 Å². The highest BCUT2D eigenvalue weighted by Gasteiger charge is 2.18. The van der Waals surface area contributed by atoms with Gasteiger partial charge in [-0.2, -0.15) is 12.6 Å². The molecule has 0 aromatic carbocycles. The fraction of sp³-hybridized carbons (Fsp3) is 0.875. The quantitative estimate of drug-likeness (QED) is 0.601. The van der Waals surface area contributed by atoms with Gasteiger partial charge in [0, 0.05) is 7.12 Å². The topological polar surface area (TPSA) is 58.6 Å². The van der Waals surface area contributed by atoms with Crippen molar-refractivity contribution in [3.63, 3.8) is 0 Å². The van der Waals surface area contributed by atoms with Crippen molar-refractivity contribution in [1.29, 1.82) is 0 Å². The normalized spacial score (nSPS) is 14.6. The Morgan fingerprint density at radius 3 is 2.85 bits per heavy atom. The number of hydrogen-bond acceptors (Lipinski definition) is 4. The van der Waals surface area contributed by atoms with Gasteiger partial charge in [-0.15, -0.1) is 0 Å². The number of carbonyl (C=O) groups excluding carboxylic acids is 1. The van der Waals surface area contributed by atoms with E-state index in [0.717, 1.165) is 0 Å². The lowest BCUT2D eigenvalue weighted by atomic mass is 10.2. The summed E-state index contributed by atoms with van der Waals surface area (Å²) < 4.78 is 12.0.